The lowest BCUT2D eigenvalue weighted by Crippen LogP contribution is -2.48. The molecule has 4 heteroatoms. The topological polar surface area (TPSA) is 29.1 Å². The molecule has 0 fully saturated rings. The van der Waals surface area contributed by atoms with Crippen LogP contribution in [-0.2, 0) is 0 Å². The standard InChI is InChI=1S/C16H17Br2NO/c1-10(17)16(2,3)19-15(20)13-5-4-12-9-14(18)7-6-11(12)8-13/h4-10H,1-3H3,(H,19,20). The van der Waals surface area contributed by atoms with Crippen molar-refractivity contribution in [3.05, 3.63) is 46.4 Å². The van der Waals surface area contributed by atoms with Gasteiger partial charge < -0.3 is 5.32 Å². The van der Waals surface area contributed by atoms with Gasteiger partial charge in [0.2, 0.25) is 0 Å². The van der Waals surface area contributed by atoms with E-state index in [1.807, 2.05) is 57.2 Å². The molecule has 2 nitrogen and oxygen atoms in total. The first-order valence-corrected chi connectivity index (χ1v) is 8.16. The van der Waals surface area contributed by atoms with Gasteiger partial charge in [0.15, 0.2) is 0 Å². The first-order chi connectivity index (χ1) is 9.29. The molecule has 0 aliphatic rings. The van der Waals surface area contributed by atoms with Gasteiger partial charge in [-0.05, 0) is 48.9 Å². The Kier molecular flexibility index (Phi) is 4.55. The number of rotatable bonds is 3. The number of hydrogen-bond acceptors (Lipinski definition) is 1. The van der Waals surface area contributed by atoms with E-state index < -0.39 is 0 Å². The van der Waals surface area contributed by atoms with Gasteiger partial charge in [0.25, 0.3) is 5.91 Å². The maximum atomic E-state index is 12.3. The summed E-state index contributed by atoms with van der Waals surface area (Å²) in [6.45, 7) is 6.03. The monoisotopic (exact) mass is 397 g/mol. The van der Waals surface area contributed by atoms with Crippen molar-refractivity contribution in [3.63, 3.8) is 0 Å². The van der Waals surface area contributed by atoms with Crippen LogP contribution in [0.3, 0.4) is 0 Å². The molecule has 0 aliphatic carbocycles. The zero-order chi connectivity index (χ0) is 14.9. The van der Waals surface area contributed by atoms with Crippen molar-refractivity contribution >= 4 is 48.5 Å². The Balaban J connectivity index is 2.29. The molecule has 0 aliphatic heterocycles. The number of amides is 1. The second-order valence-electron chi connectivity index (χ2n) is 5.50. The molecule has 20 heavy (non-hydrogen) atoms. The molecular formula is C16H17Br2NO. The molecule has 0 saturated heterocycles. The van der Waals surface area contributed by atoms with Crippen LogP contribution in [0.5, 0.6) is 0 Å². The van der Waals surface area contributed by atoms with Crippen LogP contribution in [0.15, 0.2) is 40.9 Å². The predicted molar refractivity (Wildman–Crippen MR) is 91.6 cm³/mol. The van der Waals surface area contributed by atoms with Crippen molar-refractivity contribution in [3.8, 4) is 0 Å². The fourth-order valence-corrected chi connectivity index (χ4v) is 2.32. The van der Waals surface area contributed by atoms with Crippen molar-refractivity contribution in [1.29, 1.82) is 0 Å². The molecule has 2 aromatic carbocycles. The quantitative estimate of drug-likeness (QED) is 0.732. The first-order valence-electron chi connectivity index (χ1n) is 6.45. The third-order valence-corrected chi connectivity index (χ3v) is 5.13. The minimum atomic E-state index is -0.300. The number of hydrogen-bond donors (Lipinski definition) is 1. The molecule has 0 aromatic heterocycles. The van der Waals surface area contributed by atoms with Gasteiger partial charge in [-0.1, -0.05) is 50.9 Å². The fraction of sp³-hybridized carbons (Fsp3) is 0.312. The first kappa shape index (κ1) is 15.5. The number of nitrogens with one attached hydrogen (secondary N) is 1. The molecule has 1 atom stereocenters. The third-order valence-electron chi connectivity index (χ3n) is 3.49. The predicted octanol–water partition coefficient (Wildman–Crippen LogP) is 4.89. The molecule has 2 aromatic rings. The van der Waals surface area contributed by atoms with Crippen molar-refractivity contribution in [2.45, 2.75) is 31.1 Å². The fourth-order valence-electron chi connectivity index (χ4n) is 1.82. The van der Waals surface area contributed by atoms with Gasteiger partial charge in [0.05, 0.1) is 0 Å². The maximum absolute atomic E-state index is 12.3. The Morgan fingerprint density at radius 2 is 1.75 bits per heavy atom. The molecule has 0 spiro atoms. The lowest BCUT2D eigenvalue weighted by atomic mass is 10.0. The van der Waals surface area contributed by atoms with Gasteiger partial charge in [-0.25, -0.2) is 0 Å². The molecule has 0 radical (unpaired) electrons. The van der Waals surface area contributed by atoms with Gasteiger partial charge in [-0.3, -0.25) is 4.79 Å². The highest BCUT2D eigenvalue weighted by molar-refractivity contribution is 9.10. The summed E-state index contributed by atoms with van der Waals surface area (Å²) in [4.78, 5) is 12.5. The summed E-state index contributed by atoms with van der Waals surface area (Å²) in [5.74, 6) is -0.0499. The molecule has 0 bridgehead atoms. The second kappa shape index (κ2) is 5.86. The summed E-state index contributed by atoms with van der Waals surface area (Å²) >= 11 is 6.98. The molecule has 106 valence electrons. The molecule has 1 unspecified atom stereocenters. The number of fused-ring (bicyclic) bond motifs is 1. The molecule has 0 saturated carbocycles. The number of halogens is 2. The van der Waals surface area contributed by atoms with Crippen LogP contribution in [0.2, 0.25) is 0 Å². The van der Waals surface area contributed by atoms with E-state index in [-0.39, 0.29) is 16.3 Å². The average Bonchev–Trinajstić information content (AvgIpc) is 2.37. The highest BCUT2D eigenvalue weighted by Crippen LogP contribution is 2.22. The van der Waals surface area contributed by atoms with Crippen LogP contribution in [-0.4, -0.2) is 16.3 Å². The van der Waals surface area contributed by atoms with E-state index >= 15 is 0 Å². The summed E-state index contributed by atoms with van der Waals surface area (Å²) in [6, 6.07) is 11.8. The Bertz CT molecular complexity index is 650. The van der Waals surface area contributed by atoms with E-state index in [1.165, 1.54) is 0 Å². The normalized spacial score (nSPS) is 13.2. The molecule has 1 N–H and O–H groups in total. The molecular weight excluding hydrogens is 382 g/mol. The van der Waals surface area contributed by atoms with Crippen LogP contribution >= 0.6 is 31.9 Å². The van der Waals surface area contributed by atoms with E-state index in [9.17, 15) is 4.79 Å². The van der Waals surface area contributed by atoms with Gasteiger partial charge in [0.1, 0.15) is 0 Å². The Morgan fingerprint density at radius 1 is 1.15 bits per heavy atom. The number of alkyl halides is 1. The smallest absolute Gasteiger partial charge is 0.251 e. The Morgan fingerprint density at radius 3 is 2.40 bits per heavy atom. The summed E-state index contributed by atoms with van der Waals surface area (Å²) in [5, 5.41) is 5.23. The van der Waals surface area contributed by atoms with Crippen molar-refractivity contribution in [2.75, 3.05) is 0 Å². The van der Waals surface area contributed by atoms with E-state index in [0.29, 0.717) is 5.56 Å². The van der Waals surface area contributed by atoms with E-state index in [1.54, 1.807) is 0 Å². The SMILES string of the molecule is CC(Br)C(C)(C)NC(=O)c1ccc2cc(Br)ccc2c1. The summed E-state index contributed by atoms with van der Waals surface area (Å²) < 4.78 is 1.04. The number of carbonyl (C=O) groups excluding carboxylic acids is 1. The van der Waals surface area contributed by atoms with Gasteiger partial charge in [-0.15, -0.1) is 0 Å². The van der Waals surface area contributed by atoms with Crippen LogP contribution in [0.1, 0.15) is 31.1 Å². The minimum absolute atomic E-state index is 0.0499. The van der Waals surface area contributed by atoms with Crippen LogP contribution < -0.4 is 5.32 Å². The lowest BCUT2D eigenvalue weighted by Gasteiger charge is -2.29. The van der Waals surface area contributed by atoms with Gasteiger partial charge >= 0.3 is 0 Å². The van der Waals surface area contributed by atoms with Crippen molar-refractivity contribution in [1.82, 2.24) is 5.32 Å². The molecule has 2 rings (SSSR count). The summed E-state index contributed by atoms with van der Waals surface area (Å²) in [7, 11) is 0. The highest BCUT2D eigenvalue weighted by atomic mass is 79.9. The zero-order valence-electron chi connectivity index (χ0n) is 11.7. The highest BCUT2D eigenvalue weighted by Gasteiger charge is 2.26. The van der Waals surface area contributed by atoms with Crippen LogP contribution in [0.4, 0.5) is 0 Å². The number of benzene rings is 2. The van der Waals surface area contributed by atoms with Gasteiger partial charge in [-0.2, -0.15) is 0 Å². The Labute approximate surface area is 136 Å². The van der Waals surface area contributed by atoms with E-state index in [4.69, 9.17) is 0 Å². The summed E-state index contributed by atoms with van der Waals surface area (Å²) in [5.41, 5.74) is 0.382. The average molecular weight is 399 g/mol. The largest absolute Gasteiger partial charge is 0.346 e. The lowest BCUT2D eigenvalue weighted by molar-refractivity contribution is 0.0914. The van der Waals surface area contributed by atoms with E-state index in [0.717, 1.165) is 15.2 Å². The molecule has 1 amide bonds. The third kappa shape index (κ3) is 3.41. The zero-order valence-corrected chi connectivity index (χ0v) is 14.9. The van der Waals surface area contributed by atoms with Gasteiger partial charge in [0, 0.05) is 20.4 Å². The summed E-state index contributed by atoms with van der Waals surface area (Å²) in [6.07, 6.45) is 0. The van der Waals surface area contributed by atoms with Crippen molar-refractivity contribution in [2.24, 2.45) is 0 Å². The Hall–Kier alpha value is -0.870. The minimum Gasteiger partial charge on any atom is -0.346 e. The molecule has 0 heterocycles. The second-order valence-corrected chi connectivity index (χ2v) is 7.79. The number of carbonyl (C=O) groups is 1. The van der Waals surface area contributed by atoms with Crippen LogP contribution in [0.25, 0.3) is 10.8 Å². The van der Waals surface area contributed by atoms with Crippen LogP contribution in [0, 0.1) is 0 Å². The van der Waals surface area contributed by atoms with Crippen molar-refractivity contribution < 1.29 is 4.79 Å². The van der Waals surface area contributed by atoms with E-state index in [2.05, 4.69) is 37.2 Å². The maximum Gasteiger partial charge on any atom is 0.251 e.